The van der Waals surface area contributed by atoms with Crippen LogP contribution in [-0.2, 0) is 9.84 Å². The molecule has 0 amide bonds. The Kier molecular flexibility index (Phi) is 6.63. The Morgan fingerprint density at radius 2 is 1.48 bits per heavy atom. The van der Waals surface area contributed by atoms with Gasteiger partial charge in [-0.3, -0.25) is 4.40 Å². The molecule has 1 aliphatic carbocycles. The molecule has 4 aromatic rings. The lowest BCUT2D eigenvalue weighted by Gasteiger charge is -2.40. The molecule has 1 saturated heterocycles. The maximum absolute atomic E-state index is 13.4. The number of rotatable bonds is 7. The van der Waals surface area contributed by atoms with Gasteiger partial charge in [0.25, 0.3) is 0 Å². The van der Waals surface area contributed by atoms with Gasteiger partial charge in [0.1, 0.15) is 4.90 Å². The zero-order chi connectivity index (χ0) is 29.8. The van der Waals surface area contributed by atoms with Crippen LogP contribution in [-0.4, -0.2) is 40.9 Å². The number of nitrogens with one attached hydrogen (secondary N) is 2. The smallest absolute Gasteiger partial charge is 0.310 e. The summed E-state index contributed by atoms with van der Waals surface area (Å²) in [4.78, 5) is -1.71. The van der Waals surface area contributed by atoms with Crippen LogP contribution in [0.1, 0.15) is 50.4 Å². The Morgan fingerprint density at radius 1 is 0.810 bits per heavy atom. The molecule has 3 heterocycles. The van der Waals surface area contributed by atoms with Gasteiger partial charge >= 0.3 is 10.2 Å². The summed E-state index contributed by atoms with van der Waals surface area (Å²) in [5, 5.41) is 14.5. The van der Waals surface area contributed by atoms with Gasteiger partial charge < -0.3 is 10.6 Å². The van der Waals surface area contributed by atoms with E-state index < -0.39 is 30.2 Å². The number of anilines is 1. The Balaban J connectivity index is 1.10. The molecule has 2 aromatic heterocycles. The summed E-state index contributed by atoms with van der Waals surface area (Å²) < 4.78 is 93.6. The molecule has 0 unspecified atom stereocenters. The minimum Gasteiger partial charge on any atom is -0.382 e. The fourth-order valence-corrected chi connectivity index (χ4v) is 8.26. The molecule has 1 saturated carbocycles. The van der Waals surface area contributed by atoms with Gasteiger partial charge in [0.15, 0.2) is 21.3 Å². The minimum atomic E-state index is -9.72. The number of nitrogens with zero attached hydrogens (tertiary/aromatic N) is 3. The largest absolute Gasteiger partial charge is 0.382 e. The highest BCUT2D eigenvalue weighted by atomic mass is 32.5. The van der Waals surface area contributed by atoms with E-state index in [0.29, 0.717) is 37.8 Å². The molecular formula is C28H30F5N5O2S2. The highest BCUT2D eigenvalue weighted by Gasteiger charge is 2.65. The Morgan fingerprint density at radius 3 is 2.10 bits per heavy atom. The zero-order valence-corrected chi connectivity index (χ0v) is 24.0. The van der Waals surface area contributed by atoms with Gasteiger partial charge in [-0.1, -0.05) is 31.6 Å². The fraction of sp³-hybridized carbons (Fsp3) is 0.357. The van der Waals surface area contributed by atoms with E-state index in [0.717, 1.165) is 54.1 Å². The lowest BCUT2D eigenvalue weighted by molar-refractivity contribution is 0.364. The average Bonchev–Trinajstić information content (AvgIpc) is 3.62. The van der Waals surface area contributed by atoms with Gasteiger partial charge in [0, 0.05) is 17.9 Å². The molecule has 2 N–H and O–H groups in total. The van der Waals surface area contributed by atoms with Crippen molar-refractivity contribution in [2.75, 3.05) is 11.9 Å². The van der Waals surface area contributed by atoms with E-state index in [1.807, 2.05) is 22.7 Å². The second kappa shape index (κ2) is 9.64. The van der Waals surface area contributed by atoms with Crippen LogP contribution >= 0.6 is 10.2 Å². The molecule has 2 aliphatic rings. The van der Waals surface area contributed by atoms with Crippen molar-refractivity contribution < 1.29 is 27.8 Å². The quantitative estimate of drug-likeness (QED) is 0.205. The highest BCUT2D eigenvalue weighted by molar-refractivity contribution is 8.45. The number of aromatic nitrogens is 3. The van der Waals surface area contributed by atoms with Gasteiger partial charge in [-0.2, -0.15) is 0 Å². The van der Waals surface area contributed by atoms with E-state index in [2.05, 4.69) is 20.8 Å². The summed E-state index contributed by atoms with van der Waals surface area (Å²) in [6.07, 6.45) is 5.72. The molecule has 0 spiro atoms. The zero-order valence-electron chi connectivity index (χ0n) is 22.4. The molecular weight excluding hydrogens is 597 g/mol. The monoisotopic (exact) mass is 627 g/mol. The lowest BCUT2D eigenvalue weighted by Crippen LogP contribution is -2.32. The first kappa shape index (κ1) is 28.9. The SMILES string of the molecule is O=S(=O)(c1ccc(-c2ccc3nnc([C@H]4CCCN4)n3c2)cc1)C1CCC(Nc2ccc(S(F)(F)(F)(F)F)cc2)CC1. The van der Waals surface area contributed by atoms with E-state index in [9.17, 15) is 27.8 Å². The lowest BCUT2D eigenvalue weighted by atomic mass is 9.95. The van der Waals surface area contributed by atoms with Crippen molar-refractivity contribution in [3.8, 4) is 11.1 Å². The van der Waals surface area contributed by atoms with E-state index in [1.54, 1.807) is 24.3 Å². The molecule has 0 radical (unpaired) electrons. The molecule has 2 aromatic carbocycles. The summed E-state index contributed by atoms with van der Waals surface area (Å²) in [6.45, 7) is 0.942. The van der Waals surface area contributed by atoms with Crippen LogP contribution in [0.25, 0.3) is 16.8 Å². The maximum atomic E-state index is 13.4. The summed E-state index contributed by atoms with van der Waals surface area (Å²) in [6, 6.07) is 13.3. The third-order valence-electron chi connectivity index (χ3n) is 8.10. The molecule has 1 aliphatic heterocycles. The number of hydrogen-bond acceptors (Lipinski definition) is 6. The van der Waals surface area contributed by atoms with Gasteiger partial charge in [-0.15, -0.1) is 10.2 Å². The van der Waals surface area contributed by atoms with Crippen molar-refractivity contribution in [1.82, 2.24) is 19.9 Å². The van der Waals surface area contributed by atoms with Gasteiger partial charge in [0.05, 0.1) is 16.2 Å². The Hall–Kier alpha value is -3.23. The van der Waals surface area contributed by atoms with Crippen molar-refractivity contribution in [3.63, 3.8) is 0 Å². The number of halogens is 5. The first-order valence-corrected chi connectivity index (χ1v) is 17.2. The predicted molar refractivity (Wildman–Crippen MR) is 153 cm³/mol. The Bertz CT molecular complexity index is 1710. The third kappa shape index (κ3) is 5.84. The van der Waals surface area contributed by atoms with Crippen LogP contribution in [0.5, 0.6) is 0 Å². The average molecular weight is 628 g/mol. The molecule has 6 rings (SSSR count). The van der Waals surface area contributed by atoms with Gasteiger partial charge in [-0.05, 0) is 105 Å². The first-order valence-electron chi connectivity index (χ1n) is 13.7. The summed E-state index contributed by atoms with van der Waals surface area (Å²) in [5.74, 6) is 0.856. The molecule has 0 bridgehead atoms. The normalized spacial score (nSPS) is 23.4. The van der Waals surface area contributed by atoms with Crippen molar-refractivity contribution in [1.29, 1.82) is 0 Å². The van der Waals surface area contributed by atoms with Gasteiger partial charge in [-0.25, -0.2) is 8.42 Å². The van der Waals surface area contributed by atoms with Crippen LogP contribution < -0.4 is 10.6 Å². The van der Waals surface area contributed by atoms with E-state index in [4.69, 9.17) is 0 Å². The number of benzene rings is 2. The standard InChI is InChI=1S/C28H30F5N5O2S2/c29-42(30,31,32,33)25-14-8-22(9-15-25)35-21-6-12-24(13-7-21)41(39,40)23-10-3-19(4-11-23)20-5-16-27-36-37-28(38(27)18-20)26-2-1-17-34-26/h3-5,8-11,14-16,18,21,24,26,34-35H,1-2,6-7,12-13,17H2/t21?,24?,26-/m1/s1. The Labute approximate surface area is 240 Å². The molecule has 42 heavy (non-hydrogen) atoms. The number of fused-ring (bicyclic) bond motifs is 1. The van der Waals surface area contributed by atoms with Crippen LogP contribution in [0.15, 0.2) is 76.7 Å². The van der Waals surface area contributed by atoms with Crippen molar-refractivity contribution >= 4 is 31.4 Å². The summed E-state index contributed by atoms with van der Waals surface area (Å²) in [5.41, 5.74) is 2.79. The van der Waals surface area contributed by atoms with Crippen molar-refractivity contribution in [2.24, 2.45) is 0 Å². The predicted octanol–water partition coefficient (Wildman–Crippen LogP) is 7.68. The van der Waals surface area contributed by atoms with Gasteiger partial charge in [0.2, 0.25) is 0 Å². The fourth-order valence-electron chi connectivity index (χ4n) is 5.81. The van der Waals surface area contributed by atoms with E-state index in [1.165, 1.54) is 0 Å². The molecule has 14 heteroatoms. The number of sulfone groups is 1. The van der Waals surface area contributed by atoms with Crippen LogP contribution in [0, 0.1) is 0 Å². The van der Waals surface area contributed by atoms with Crippen LogP contribution in [0.2, 0.25) is 0 Å². The topological polar surface area (TPSA) is 88.4 Å². The highest BCUT2D eigenvalue weighted by Crippen LogP contribution is 3.02. The molecule has 226 valence electrons. The molecule has 1 atom stereocenters. The summed E-state index contributed by atoms with van der Waals surface area (Å²) in [7, 11) is -13.3. The van der Waals surface area contributed by atoms with Crippen molar-refractivity contribution in [3.05, 3.63) is 72.7 Å². The van der Waals surface area contributed by atoms with Crippen LogP contribution in [0.3, 0.4) is 0 Å². The van der Waals surface area contributed by atoms with E-state index in [-0.39, 0.29) is 22.7 Å². The number of hydrogen-bond donors (Lipinski definition) is 2. The second-order valence-electron chi connectivity index (χ2n) is 11.0. The van der Waals surface area contributed by atoms with E-state index >= 15 is 0 Å². The van der Waals surface area contributed by atoms with Crippen LogP contribution in [0.4, 0.5) is 25.1 Å². The second-order valence-corrected chi connectivity index (χ2v) is 15.7. The number of pyridine rings is 1. The summed E-state index contributed by atoms with van der Waals surface area (Å²) >= 11 is 0. The third-order valence-corrected chi connectivity index (χ3v) is 11.5. The molecule has 2 fully saturated rings. The first-order chi connectivity index (χ1) is 19.7. The maximum Gasteiger partial charge on any atom is 0.310 e. The minimum absolute atomic E-state index is 0.150. The molecule has 7 nitrogen and oxygen atoms in total. The van der Waals surface area contributed by atoms with Crippen molar-refractivity contribution in [2.45, 2.75) is 65.6 Å².